The van der Waals surface area contributed by atoms with Crippen molar-refractivity contribution in [3.8, 4) is 0 Å². The summed E-state index contributed by atoms with van der Waals surface area (Å²) in [4.78, 5) is 14.8. The zero-order chi connectivity index (χ0) is 17.7. The molecule has 0 radical (unpaired) electrons. The third kappa shape index (κ3) is 4.45. The van der Waals surface area contributed by atoms with Gasteiger partial charge in [-0.25, -0.2) is 0 Å². The highest BCUT2D eigenvalue weighted by atomic mass is 79.9. The number of benzene rings is 1. The second-order valence-electron chi connectivity index (χ2n) is 5.81. The Morgan fingerprint density at radius 3 is 2.50 bits per heavy atom. The van der Waals surface area contributed by atoms with Gasteiger partial charge in [-0.15, -0.1) is 0 Å². The van der Waals surface area contributed by atoms with Crippen LogP contribution in [0, 0.1) is 13.8 Å². The zero-order valence-corrected chi connectivity index (χ0v) is 16.4. The van der Waals surface area contributed by atoms with E-state index in [1.807, 2.05) is 32.0 Å². The van der Waals surface area contributed by atoms with Crippen LogP contribution in [0.4, 0.5) is 5.69 Å². The van der Waals surface area contributed by atoms with E-state index < -0.39 is 0 Å². The van der Waals surface area contributed by atoms with Crippen molar-refractivity contribution in [2.75, 3.05) is 18.4 Å². The molecule has 0 saturated heterocycles. The highest BCUT2D eigenvalue weighted by Crippen LogP contribution is 2.20. The smallest absolute Gasteiger partial charge is 0.246 e. The van der Waals surface area contributed by atoms with Crippen molar-refractivity contribution in [3.05, 3.63) is 45.7 Å². The number of rotatable bonds is 7. The molecule has 0 bridgehead atoms. The van der Waals surface area contributed by atoms with Gasteiger partial charge >= 0.3 is 0 Å². The van der Waals surface area contributed by atoms with E-state index in [9.17, 15) is 4.79 Å². The van der Waals surface area contributed by atoms with E-state index in [2.05, 4.69) is 51.2 Å². The first-order valence-electron chi connectivity index (χ1n) is 8.25. The van der Waals surface area contributed by atoms with E-state index in [0.717, 1.165) is 46.7 Å². The van der Waals surface area contributed by atoms with E-state index >= 15 is 0 Å². The topological polar surface area (TPSA) is 50.2 Å². The minimum Gasteiger partial charge on any atom is -0.324 e. The number of nitrogens with one attached hydrogen (secondary N) is 1. The predicted octanol–water partition coefficient (Wildman–Crippen LogP) is 3.74. The Labute approximate surface area is 152 Å². The second kappa shape index (κ2) is 8.44. The molecule has 0 aliphatic heterocycles. The van der Waals surface area contributed by atoms with Gasteiger partial charge in [0.15, 0.2) is 0 Å². The number of hydrogen-bond donors (Lipinski definition) is 1. The molecule has 1 heterocycles. The summed E-state index contributed by atoms with van der Waals surface area (Å²) in [5.41, 5.74) is 3.85. The average Bonchev–Trinajstić information content (AvgIpc) is 2.81. The van der Waals surface area contributed by atoms with Crippen LogP contribution in [0.5, 0.6) is 0 Å². The van der Waals surface area contributed by atoms with Gasteiger partial charge in [0.1, 0.15) is 6.54 Å². The molecule has 2 rings (SSSR count). The fourth-order valence-corrected chi connectivity index (χ4v) is 2.91. The first kappa shape index (κ1) is 18.7. The number of nitrogens with zero attached hydrogens (tertiary/aromatic N) is 3. The molecule has 1 aromatic heterocycles. The Morgan fingerprint density at radius 2 is 1.92 bits per heavy atom. The predicted molar refractivity (Wildman–Crippen MR) is 101 cm³/mol. The molecule has 0 saturated carbocycles. The summed E-state index contributed by atoms with van der Waals surface area (Å²) >= 11 is 3.49. The van der Waals surface area contributed by atoms with E-state index in [-0.39, 0.29) is 12.5 Å². The molecule has 1 amide bonds. The molecule has 0 aliphatic carbocycles. The summed E-state index contributed by atoms with van der Waals surface area (Å²) in [7, 11) is 0. The molecule has 0 fully saturated rings. The highest BCUT2D eigenvalue weighted by molar-refractivity contribution is 9.10. The lowest BCUT2D eigenvalue weighted by molar-refractivity contribution is -0.116. The molecule has 0 unspecified atom stereocenters. The van der Waals surface area contributed by atoms with E-state index in [4.69, 9.17) is 0 Å². The first-order valence-corrected chi connectivity index (χ1v) is 9.05. The molecule has 2 aromatic rings. The summed E-state index contributed by atoms with van der Waals surface area (Å²) in [5, 5.41) is 7.42. The number of carbonyl (C=O) groups is 1. The van der Waals surface area contributed by atoms with E-state index in [1.54, 1.807) is 4.68 Å². The summed E-state index contributed by atoms with van der Waals surface area (Å²) in [6.07, 6.45) is 0. The van der Waals surface area contributed by atoms with Gasteiger partial charge in [-0.1, -0.05) is 32.0 Å². The number of carbonyl (C=O) groups excluding carboxylic acids is 1. The largest absolute Gasteiger partial charge is 0.324 e. The second-order valence-corrected chi connectivity index (χ2v) is 6.60. The van der Waals surface area contributed by atoms with Gasteiger partial charge in [0.05, 0.1) is 15.9 Å². The van der Waals surface area contributed by atoms with Crippen molar-refractivity contribution < 1.29 is 4.79 Å². The molecular weight excluding hydrogens is 368 g/mol. The van der Waals surface area contributed by atoms with Crippen LogP contribution in [0.15, 0.2) is 28.7 Å². The van der Waals surface area contributed by atoms with Crippen LogP contribution in [0.2, 0.25) is 0 Å². The molecule has 1 aromatic carbocycles. The fraction of sp³-hybridized carbons (Fsp3) is 0.444. The van der Waals surface area contributed by atoms with Crippen LogP contribution >= 0.6 is 15.9 Å². The van der Waals surface area contributed by atoms with Gasteiger partial charge in [-0.05, 0) is 54.5 Å². The molecule has 0 spiro atoms. The lowest BCUT2D eigenvalue weighted by atomic mass is 10.1. The van der Waals surface area contributed by atoms with Crippen LogP contribution in [0.1, 0.15) is 30.8 Å². The van der Waals surface area contributed by atoms with Crippen molar-refractivity contribution in [1.82, 2.24) is 14.7 Å². The van der Waals surface area contributed by atoms with Crippen LogP contribution in [-0.4, -0.2) is 33.7 Å². The maximum Gasteiger partial charge on any atom is 0.246 e. The molecule has 1 N–H and O–H groups in total. The molecule has 5 nitrogen and oxygen atoms in total. The monoisotopic (exact) mass is 392 g/mol. The van der Waals surface area contributed by atoms with E-state index in [0.29, 0.717) is 0 Å². The van der Waals surface area contributed by atoms with Gasteiger partial charge < -0.3 is 5.32 Å². The number of para-hydroxylation sites is 1. The molecule has 6 heteroatoms. The van der Waals surface area contributed by atoms with Crippen molar-refractivity contribution in [2.24, 2.45) is 0 Å². The summed E-state index contributed by atoms with van der Waals surface area (Å²) in [6, 6.07) is 7.97. The Morgan fingerprint density at radius 1 is 1.25 bits per heavy atom. The van der Waals surface area contributed by atoms with Crippen molar-refractivity contribution >= 4 is 27.5 Å². The van der Waals surface area contributed by atoms with Gasteiger partial charge in [-0.3, -0.25) is 14.4 Å². The lowest BCUT2D eigenvalue weighted by Gasteiger charge is -2.20. The third-order valence-corrected chi connectivity index (χ3v) is 5.31. The molecule has 24 heavy (non-hydrogen) atoms. The van der Waals surface area contributed by atoms with Crippen molar-refractivity contribution in [3.63, 3.8) is 0 Å². The summed E-state index contributed by atoms with van der Waals surface area (Å²) < 4.78 is 2.68. The first-order chi connectivity index (χ1) is 11.5. The van der Waals surface area contributed by atoms with Crippen LogP contribution in [0.3, 0.4) is 0 Å². The standard InChI is InChI=1S/C18H25BrN4O/c1-5-22(6-2)11-15-9-7-8-10-16(15)20-17(24)12-23-14(4)18(19)13(3)21-23/h7-10H,5-6,11-12H2,1-4H3,(H,20,24). The number of halogens is 1. The van der Waals surface area contributed by atoms with Gasteiger partial charge in [0.25, 0.3) is 0 Å². The van der Waals surface area contributed by atoms with E-state index in [1.165, 1.54) is 0 Å². The fourth-order valence-electron chi connectivity index (χ4n) is 2.62. The third-order valence-electron chi connectivity index (χ3n) is 4.17. The molecule has 0 aliphatic rings. The Hall–Kier alpha value is -1.66. The number of aryl methyl sites for hydroxylation is 1. The van der Waals surface area contributed by atoms with Gasteiger partial charge in [0.2, 0.25) is 5.91 Å². The number of hydrogen-bond acceptors (Lipinski definition) is 3. The number of aromatic nitrogens is 2. The number of anilines is 1. The van der Waals surface area contributed by atoms with Crippen molar-refractivity contribution in [1.29, 1.82) is 0 Å². The van der Waals surface area contributed by atoms with Crippen LogP contribution in [-0.2, 0) is 17.9 Å². The zero-order valence-electron chi connectivity index (χ0n) is 14.8. The molecule has 130 valence electrons. The minimum atomic E-state index is -0.0694. The number of amides is 1. The Balaban J connectivity index is 2.10. The molecular formula is C18H25BrN4O. The lowest BCUT2D eigenvalue weighted by Crippen LogP contribution is -2.24. The maximum atomic E-state index is 12.4. The molecule has 0 atom stereocenters. The van der Waals surface area contributed by atoms with Crippen LogP contribution in [0.25, 0.3) is 0 Å². The van der Waals surface area contributed by atoms with Crippen LogP contribution < -0.4 is 5.32 Å². The normalized spacial score (nSPS) is 11.1. The highest BCUT2D eigenvalue weighted by Gasteiger charge is 2.13. The van der Waals surface area contributed by atoms with Gasteiger partial charge in [-0.2, -0.15) is 5.10 Å². The average molecular weight is 393 g/mol. The van der Waals surface area contributed by atoms with Gasteiger partial charge in [0, 0.05) is 12.2 Å². The summed E-state index contributed by atoms with van der Waals surface area (Å²) in [6.45, 7) is 11.2. The maximum absolute atomic E-state index is 12.4. The Kier molecular flexibility index (Phi) is 6.57. The van der Waals surface area contributed by atoms with Crippen molar-refractivity contribution in [2.45, 2.75) is 40.8 Å². The summed E-state index contributed by atoms with van der Waals surface area (Å²) in [5.74, 6) is -0.0694. The quantitative estimate of drug-likeness (QED) is 0.780. The Bertz CT molecular complexity index is 707. The SMILES string of the molecule is CCN(CC)Cc1ccccc1NC(=O)Cn1nc(C)c(Br)c1C. The minimum absolute atomic E-state index is 0.0694.